The number of fused-ring (bicyclic) bond motifs is 16. The third kappa shape index (κ3) is 3.97. The van der Waals surface area contributed by atoms with Gasteiger partial charge in [0.25, 0.3) is 0 Å². The fourth-order valence-corrected chi connectivity index (χ4v) is 11.5. The lowest BCUT2D eigenvalue weighted by molar-refractivity contribution is 0.442. The number of rotatable bonds is 3. The smallest absolute Gasteiger partial charge is 0.150 e. The van der Waals surface area contributed by atoms with E-state index in [1.54, 1.807) is 0 Å². The van der Waals surface area contributed by atoms with Crippen LogP contribution in [0.1, 0.15) is 22.3 Å². The molecule has 12 rings (SSSR count). The minimum absolute atomic E-state index is 0.471. The van der Waals surface area contributed by atoms with E-state index >= 15 is 0 Å². The molecule has 0 radical (unpaired) electrons. The highest BCUT2D eigenvalue weighted by molar-refractivity contribution is 7.26. The zero-order valence-corrected chi connectivity index (χ0v) is 30.0. The summed E-state index contributed by atoms with van der Waals surface area (Å²) in [5.74, 6) is 1.88. The number of benzene rings is 8. The predicted molar refractivity (Wildman–Crippen MR) is 224 cm³/mol. The molecule has 0 atom stereocenters. The molecule has 0 saturated heterocycles. The van der Waals surface area contributed by atoms with E-state index in [2.05, 4.69) is 181 Å². The molecule has 0 saturated carbocycles. The van der Waals surface area contributed by atoms with Gasteiger partial charge in [0.05, 0.1) is 10.1 Å². The molecule has 4 heteroatoms. The van der Waals surface area contributed by atoms with Gasteiger partial charge in [-0.25, -0.2) is 0 Å². The first-order valence-electron chi connectivity index (χ1n) is 18.0. The van der Waals surface area contributed by atoms with Gasteiger partial charge in [-0.05, 0) is 76.9 Å². The summed E-state index contributed by atoms with van der Waals surface area (Å²) in [5.41, 5.74) is 10.5. The molecule has 248 valence electrons. The fraction of sp³-hybridized carbons (Fsp3) is 0.0204. The molecule has 0 fully saturated rings. The average Bonchev–Trinajstić information content (AvgIpc) is 3.87. The Labute approximate surface area is 314 Å². The SMILES string of the molecule is c1ccc(N(c2ccc3c(c2)sc2c4c(ccc23)C2(c3ccccc3O4)c3ccccc3-c3ccccc32)c2ccc3sc4ccccc4c3c2)cc1. The van der Waals surface area contributed by atoms with Gasteiger partial charge in [-0.3, -0.25) is 0 Å². The largest absolute Gasteiger partial charge is 0.455 e. The summed E-state index contributed by atoms with van der Waals surface area (Å²) >= 11 is 3.69. The molecule has 1 spiro atoms. The maximum absolute atomic E-state index is 7.02. The highest BCUT2D eigenvalue weighted by atomic mass is 32.1. The number of hydrogen-bond acceptors (Lipinski definition) is 4. The van der Waals surface area contributed by atoms with Crippen LogP contribution in [0.25, 0.3) is 51.5 Å². The van der Waals surface area contributed by atoms with Crippen molar-refractivity contribution in [1.29, 1.82) is 0 Å². The Balaban J connectivity index is 1.08. The highest BCUT2D eigenvalue weighted by Crippen LogP contribution is 2.63. The molecule has 8 aromatic carbocycles. The third-order valence-electron chi connectivity index (χ3n) is 11.3. The van der Waals surface area contributed by atoms with E-state index in [0.717, 1.165) is 28.6 Å². The van der Waals surface area contributed by atoms with Crippen LogP contribution in [-0.2, 0) is 5.41 Å². The van der Waals surface area contributed by atoms with Crippen LogP contribution < -0.4 is 9.64 Å². The zero-order chi connectivity index (χ0) is 34.7. The summed E-state index contributed by atoms with van der Waals surface area (Å²) < 4.78 is 12.1. The average molecular weight is 712 g/mol. The van der Waals surface area contributed by atoms with Gasteiger partial charge in [0.15, 0.2) is 0 Å². The number of para-hydroxylation sites is 2. The summed E-state index contributed by atoms with van der Waals surface area (Å²) in [4.78, 5) is 2.39. The Hall–Kier alpha value is -6.20. The number of thiophene rings is 2. The molecule has 0 unspecified atom stereocenters. The highest BCUT2D eigenvalue weighted by Gasteiger charge is 2.51. The van der Waals surface area contributed by atoms with E-state index in [9.17, 15) is 0 Å². The Kier molecular flexibility index (Phi) is 6.05. The van der Waals surface area contributed by atoms with Crippen LogP contribution in [0.5, 0.6) is 11.5 Å². The molecule has 2 nitrogen and oxygen atoms in total. The second-order valence-electron chi connectivity index (χ2n) is 14.0. The van der Waals surface area contributed by atoms with Crippen LogP contribution in [0.2, 0.25) is 0 Å². The van der Waals surface area contributed by atoms with E-state index in [4.69, 9.17) is 4.74 Å². The lowest BCUT2D eigenvalue weighted by Gasteiger charge is -2.39. The molecule has 0 bridgehead atoms. The zero-order valence-electron chi connectivity index (χ0n) is 28.4. The quantitative estimate of drug-likeness (QED) is 0.181. The second-order valence-corrected chi connectivity index (χ2v) is 16.1. The number of ether oxygens (including phenoxy) is 1. The summed E-state index contributed by atoms with van der Waals surface area (Å²) in [5, 5.41) is 5.06. The molecule has 0 N–H and O–H groups in total. The van der Waals surface area contributed by atoms with Crippen LogP contribution in [0.4, 0.5) is 17.1 Å². The van der Waals surface area contributed by atoms with Crippen molar-refractivity contribution in [1.82, 2.24) is 0 Å². The van der Waals surface area contributed by atoms with E-state index in [-0.39, 0.29) is 0 Å². The second kappa shape index (κ2) is 10.9. The number of hydrogen-bond donors (Lipinski definition) is 0. The van der Waals surface area contributed by atoms with Gasteiger partial charge in [-0.15, -0.1) is 22.7 Å². The summed E-state index contributed by atoms with van der Waals surface area (Å²) in [6.07, 6.45) is 0. The molecular formula is C49H29NOS2. The maximum atomic E-state index is 7.02. The Morgan fingerprint density at radius 1 is 0.396 bits per heavy atom. The minimum atomic E-state index is -0.471. The first kappa shape index (κ1) is 29.4. The van der Waals surface area contributed by atoms with Gasteiger partial charge in [0.2, 0.25) is 0 Å². The van der Waals surface area contributed by atoms with Crippen molar-refractivity contribution in [2.24, 2.45) is 0 Å². The van der Waals surface area contributed by atoms with Crippen molar-refractivity contribution in [3.8, 4) is 22.6 Å². The molecule has 10 aromatic rings. The van der Waals surface area contributed by atoms with Crippen LogP contribution in [0.15, 0.2) is 176 Å². The summed E-state index contributed by atoms with van der Waals surface area (Å²) in [6, 6.07) is 64.5. The standard InChI is InChI=1S/C49H29NOS2/c1-2-12-30(13-3-1)50(31-23-27-45-38(28-31)35-16-6-11-21-44(35)52-45)32-22-24-36-37-25-26-42-47(48(37)53-46(36)29-32)51-43-20-10-9-19-41(43)49(42)39-17-7-4-14-33(39)34-15-5-8-18-40(34)49/h1-29H. The van der Waals surface area contributed by atoms with E-state index in [1.165, 1.54) is 73.7 Å². The van der Waals surface area contributed by atoms with Crippen LogP contribution >= 0.6 is 22.7 Å². The van der Waals surface area contributed by atoms with E-state index in [1.807, 2.05) is 22.7 Å². The molecule has 2 aromatic heterocycles. The molecule has 3 heterocycles. The van der Waals surface area contributed by atoms with Gasteiger partial charge in [-0.1, -0.05) is 121 Å². The molecule has 2 aliphatic rings. The number of anilines is 3. The van der Waals surface area contributed by atoms with Crippen molar-refractivity contribution >= 4 is 80.1 Å². The number of nitrogens with zero attached hydrogens (tertiary/aromatic N) is 1. The minimum Gasteiger partial charge on any atom is -0.455 e. The first-order valence-corrected chi connectivity index (χ1v) is 19.6. The molecule has 53 heavy (non-hydrogen) atoms. The lowest BCUT2D eigenvalue weighted by atomic mass is 9.66. The van der Waals surface area contributed by atoms with Crippen LogP contribution in [0.3, 0.4) is 0 Å². The van der Waals surface area contributed by atoms with Crippen LogP contribution in [0, 0.1) is 0 Å². The van der Waals surface area contributed by atoms with Crippen molar-refractivity contribution in [3.63, 3.8) is 0 Å². The lowest BCUT2D eigenvalue weighted by Crippen LogP contribution is -2.32. The Morgan fingerprint density at radius 3 is 1.85 bits per heavy atom. The van der Waals surface area contributed by atoms with E-state index in [0.29, 0.717) is 0 Å². The molecular weight excluding hydrogens is 683 g/mol. The van der Waals surface area contributed by atoms with Crippen LogP contribution in [-0.4, -0.2) is 0 Å². The predicted octanol–water partition coefficient (Wildman–Crippen LogP) is 14.4. The van der Waals surface area contributed by atoms with Gasteiger partial charge in [-0.2, -0.15) is 0 Å². The fourth-order valence-electron chi connectivity index (χ4n) is 9.15. The van der Waals surface area contributed by atoms with Gasteiger partial charge < -0.3 is 9.64 Å². The van der Waals surface area contributed by atoms with E-state index < -0.39 is 5.41 Å². The van der Waals surface area contributed by atoms with Crippen molar-refractivity contribution in [3.05, 3.63) is 198 Å². The van der Waals surface area contributed by atoms with Gasteiger partial charge in [0.1, 0.15) is 11.5 Å². The first-order chi connectivity index (χ1) is 26.3. The van der Waals surface area contributed by atoms with Crippen molar-refractivity contribution < 1.29 is 4.74 Å². The monoisotopic (exact) mass is 711 g/mol. The summed E-state index contributed by atoms with van der Waals surface area (Å²) in [6.45, 7) is 0. The Bertz CT molecular complexity index is 3070. The van der Waals surface area contributed by atoms with Crippen molar-refractivity contribution in [2.75, 3.05) is 4.90 Å². The molecule has 1 aliphatic heterocycles. The normalized spacial score (nSPS) is 13.6. The van der Waals surface area contributed by atoms with Gasteiger partial charge in [0, 0.05) is 63.8 Å². The Morgan fingerprint density at radius 2 is 1.02 bits per heavy atom. The topological polar surface area (TPSA) is 12.5 Å². The van der Waals surface area contributed by atoms with Crippen molar-refractivity contribution in [2.45, 2.75) is 5.41 Å². The van der Waals surface area contributed by atoms with Gasteiger partial charge >= 0.3 is 0 Å². The third-order valence-corrected chi connectivity index (χ3v) is 13.6. The summed E-state index contributed by atoms with van der Waals surface area (Å²) in [7, 11) is 0. The molecule has 1 aliphatic carbocycles. The maximum Gasteiger partial charge on any atom is 0.150 e. The molecule has 0 amide bonds.